The Labute approximate surface area is 160 Å². The third kappa shape index (κ3) is 3.85. The molecule has 4 nitrogen and oxygen atoms in total. The van der Waals surface area contributed by atoms with Crippen LogP contribution in [0.1, 0.15) is 51.5 Å². The van der Waals surface area contributed by atoms with Gasteiger partial charge in [0.2, 0.25) is 5.36 Å². The van der Waals surface area contributed by atoms with Crippen LogP contribution in [0.2, 0.25) is 0 Å². The van der Waals surface area contributed by atoms with Gasteiger partial charge in [-0.3, -0.25) is 0 Å². The van der Waals surface area contributed by atoms with Crippen molar-refractivity contribution in [2.45, 2.75) is 52.4 Å². The van der Waals surface area contributed by atoms with E-state index in [0.717, 1.165) is 60.8 Å². The van der Waals surface area contributed by atoms with Crippen molar-refractivity contribution in [1.29, 1.82) is 0 Å². The maximum absolute atomic E-state index is 6.27. The van der Waals surface area contributed by atoms with E-state index in [0.29, 0.717) is 0 Å². The van der Waals surface area contributed by atoms with Crippen LogP contribution in [0.25, 0.3) is 22.6 Å². The fourth-order valence-corrected chi connectivity index (χ4v) is 3.72. The average molecular weight is 365 g/mol. The van der Waals surface area contributed by atoms with Crippen molar-refractivity contribution in [3.8, 4) is 17.2 Å². The second-order valence-corrected chi connectivity index (χ2v) is 7.44. The minimum Gasteiger partial charge on any atom is -0.493 e. The summed E-state index contributed by atoms with van der Waals surface area (Å²) in [7, 11) is 0. The number of hydrogen-bond donors (Lipinski definition) is 0. The lowest BCUT2D eigenvalue weighted by Gasteiger charge is -2.17. The largest absolute Gasteiger partial charge is 0.493 e. The highest BCUT2D eigenvalue weighted by Crippen LogP contribution is 2.31. The second kappa shape index (κ2) is 8.12. The highest BCUT2D eigenvalue weighted by atomic mass is 16.5. The van der Waals surface area contributed by atoms with E-state index in [1.807, 2.05) is 6.07 Å². The van der Waals surface area contributed by atoms with E-state index in [9.17, 15) is 0 Å². The molecule has 4 rings (SSSR count). The summed E-state index contributed by atoms with van der Waals surface area (Å²) in [4.78, 5) is 4.82. The quantitative estimate of drug-likeness (QED) is 0.472. The summed E-state index contributed by atoms with van der Waals surface area (Å²) >= 11 is 0. The van der Waals surface area contributed by atoms with Crippen molar-refractivity contribution >= 4 is 11.1 Å². The molecule has 1 aliphatic carbocycles. The van der Waals surface area contributed by atoms with Gasteiger partial charge in [-0.1, -0.05) is 26.7 Å². The molecule has 0 N–H and O–H groups in total. The molecule has 0 aromatic heterocycles. The molecule has 1 aromatic rings. The first kappa shape index (κ1) is 18.0. The number of rotatable bonds is 6. The molecule has 0 saturated heterocycles. The standard InChI is InChI=1S/C23H29N2O2/c1-3-5-11-25(12-6-4-2)18-9-10-19-23(15-18)27-22-14-17-8-7-13-26-21(17)16-20(22)24-19/h9-10,14-16H,3-8,11-13H2,1-2H3/q+1. The molecule has 3 aliphatic rings. The van der Waals surface area contributed by atoms with E-state index in [4.69, 9.17) is 14.1 Å². The first-order chi connectivity index (χ1) is 13.3. The number of benzene rings is 2. The topological polar surface area (TPSA) is 38.3 Å². The Morgan fingerprint density at radius 1 is 1.04 bits per heavy atom. The van der Waals surface area contributed by atoms with Gasteiger partial charge in [-0.25, -0.2) is 9.56 Å². The minimum atomic E-state index is 0.790. The van der Waals surface area contributed by atoms with Crippen LogP contribution in [0.5, 0.6) is 5.75 Å². The van der Waals surface area contributed by atoms with Crippen molar-refractivity contribution < 1.29 is 9.15 Å². The highest BCUT2D eigenvalue weighted by Gasteiger charge is 2.16. The molecular formula is C23H29N2O2+. The van der Waals surface area contributed by atoms with Gasteiger partial charge in [0.25, 0.3) is 0 Å². The Hall–Kier alpha value is -2.36. The summed E-state index contributed by atoms with van der Waals surface area (Å²) in [5.74, 6) is 1.81. The lowest BCUT2D eigenvalue weighted by atomic mass is 10.1. The lowest BCUT2D eigenvalue weighted by molar-refractivity contribution is 0.288. The zero-order chi connectivity index (χ0) is 18.6. The summed E-state index contributed by atoms with van der Waals surface area (Å²) in [6, 6.07) is 10.5. The Balaban J connectivity index is 1.81. The van der Waals surface area contributed by atoms with E-state index in [1.165, 1.54) is 36.6 Å². The SMILES string of the molecule is CCCC[N+](CCCC)=c1ccc2nc3cc4c(cc3oc-2c1)CCCO4. The first-order valence-corrected chi connectivity index (χ1v) is 10.4. The normalized spacial score (nSPS) is 13.6. The van der Waals surface area contributed by atoms with Crippen LogP contribution in [0.4, 0.5) is 0 Å². The molecule has 4 heteroatoms. The van der Waals surface area contributed by atoms with Crippen molar-refractivity contribution in [3.63, 3.8) is 0 Å². The minimum absolute atomic E-state index is 0.790. The first-order valence-electron chi connectivity index (χ1n) is 10.4. The third-order valence-corrected chi connectivity index (χ3v) is 5.32. The Bertz CT molecular complexity index is 964. The van der Waals surface area contributed by atoms with E-state index in [1.54, 1.807) is 0 Å². The Morgan fingerprint density at radius 2 is 1.85 bits per heavy atom. The van der Waals surface area contributed by atoms with Gasteiger partial charge in [0.15, 0.2) is 11.3 Å². The summed E-state index contributed by atoms with van der Waals surface area (Å²) in [5, 5.41) is 1.23. The van der Waals surface area contributed by atoms with Crippen molar-refractivity contribution in [2.75, 3.05) is 19.7 Å². The van der Waals surface area contributed by atoms with Crippen molar-refractivity contribution in [1.82, 2.24) is 9.56 Å². The van der Waals surface area contributed by atoms with Gasteiger partial charge in [0.1, 0.15) is 30.0 Å². The maximum atomic E-state index is 6.27. The Kier molecular flexibility index (Phi) is 5.42. The van der Waals surface area contributed by atoms with E-state index < -0.39 is 0 Å². The molecule has 0 unspecified atom stereocenters. The van der Waals surface area contributed by atoms with Gasteiger partial charge in [0, 0.05) is 25.0 Å². The molecule has 142 valence electrons. The fourth-order valence-electron chi connectivity index (χ4n) is 3.72. The number of hydrogen-bond acceptors (Lipinski definition) is 3. The van der Waals surface area contributed by atoms with Gasteiger partial charge < -0.3 is 9.15 Å². The van der Waals surface area contributed by atoms with E-state index >= 15 is 0 Å². The summed E-state index contributed by atoms with van der Waals surface area (Å²) in [6.45, 7) is 7.46. The smallest absolute Gasteiger partial charge is 0.203 e. The molecule has 0 spiro atoms. The monoisotopic (exact) mass is 365 g/mol. The summed E-state index contributed by atoms with van der Waals surface area (Å²) in [6.07, 6.45) is 6.94. The second-order valence-electron chi connectivity index (χ2n) is 7.44. The molecule has 0 fully saturated rings. The molecule has 0 radical (unpaired) electrons. The number of unbranched alkanes of at least 4 members (excludes halogenated alkanes) is 2. The van der Waals surface area contributed by atoms with Crippen LogP contribution in [-0.2, 0) is 6.42 Å². The van der Waals surface area contributed by atoms with Crippen LogP contribution in [0, 0.1) is 0 Å². The molecule has 2 heterocycles. The number of aromatic nitrogens is 1. The predicted molar refractivity (Wildman–Crippen MR) is 109 cm³/mol. The summed E-state index contributed by atoms with van der Waals surface area (Å²) in [5.41, 5.74) is 3.83. The van der Waals surface area contributed by atoms with Crippen molar-refractivity contribution in [3.05, 3.63) is 41.3 Å². The molecule has 2 aliphatic heterocycles. The zero-order valence-corrected chi connectivity index (χ0v) is 16.5. The van der Waals surface area contributed by atoms with Gasteiger partial charge in [-0.15, -0.1) is 0 Å². The maximum Gasteiger partial charge on any atom is 0.203 e. The highest BCUT2D eigenvalue weighted by molar-refractivity contribution is 5.79. The molecule has 0 atom stereocenters. The average Bonchev–Trinajstić information content (AvgIpc) is 2.70. The van der Waals surface area contributed by atoms with Crippen LogP contribution in [0.15, 0.2) is 34.7 Å². The van der Waals surface area contributed by atoms with Gasteiger partial charge >= 0.3 is 0 Å². The number of aryl methyl sites for hydroxylation is 1. The van der Waals surface area contributed by atoms with Gasteiger partial charge in [-0.05, 0) is 30.5 Å². The molecule has 27 heavy (non-hydrogen) atoms. The third-order valence-electron chi connectivity index (χ3n) is 5.32. The van der Waals surface area contributed by atoms with Crippen LogP contribution in [0.3, 0.4) is 0 Å². The number of nitrogens with zero attached hydrogens (tertiary/aromatic N) is 2. The number of fused-ring (bicyclic) bond motifs is 3. The lowest BCUT2D eigenvalue weighted by Crippen LogP contribution is -2.31. The van der Waals surface area contributed by atoms with Crippen LogP contribution >= 0.6 is 0 Å². The molecule has 0 amide bonds. The molecular weight excluding hydrogens is 336 g/mol. The van der Waals surface area contributed by atoms with E-state index in [-0.39, 0.29) is 0 Å². The summed E-state index contributed by atoms with van der Waals surface area (Å²) < 4.78 is 14.5. The van der Waals surface area contributed by atoms with E-state index in [2.05, 4.69) is 42.7 Å². The van der Waals surface area contributed by atoms with Gasteiger partial charge in [-0.2, -0.15) is 0 Å². The molecule has 0 saturated carbocycles. The zero-order valence-electron chi connectivity index (χ0n) is 16.5. The number of ether oxygens (including phenoxy) is 1. The Morgan fingerprint density at radius 3 is 2.63 bits per heavy atom. The van der Waals surface area contributed by atoms with Crippen LogP contribution < -0.4 is 14.7 Å². The predicted octanol–water partition coefficient (Wildman–Crippen LogP) is 4.63. The van der Waals surface area contributed by atoms with Crippen molar-refractivity contribution in [2.24, 2.45) is 0 Å². The molecule has 0 bridgehead atoms. The van der Waals surface area contributed by atoms with Crippen LogP contribution in [-0.4, -0.2) is 24.7 Å². The van der Waals surface area contributed by atoms with Gasteiger partial charge in [0.05, 0.1) is 12.7 Å². The fraction of sp³-hybridized carbons (Fsp3) is 0.478. The molecule has 1 aromatic carbocycles.